The molecule has 2 aromatic heterocycles. The minimum Gasteiger partial charge on any atom is -0.449 e. The zero-order valence-corrected chi connectivity index (χ0v) is 20.6. The number of esters is 1. The first kappa shape index (κ1) is 23.3. The summed E-state index contributed by atoms with van der Waals surface area (Å²) in [6, 6.07) is 1.60. The van der Waals surface area contributed by atoms with Crippen LogP contribution in [-0.2, 0) is 19.4 Å². The molecule has 1 aliphatic heterocycles. The Kier molecular flexibility index (Phi) is 6.12. The summed E-state index contributed by atoms with van der Waals surface area (Å²) in [6.07, 6.45) is 6.86. The topological polar surface area (TPSA) is 120 Å². The number of carbonyl (C=O) groups is 2. The van der Waals surface area contributed by atoms with Crippen LogP contribution < -0.4 is 5.32 Å². The molecule has 1 amide bonds. The fraction of sp³-hybridized carbons (Fsp3) is 0.667. The molecule has 3 aliphatic rings. The number of rotatable bonds is 6. The van der Waals surface area contributed by atoms with Gasteiger partial charge in [0.05, 0.1) is 34.2 Å². The van der Waals surface area contributed by atoms with Crippen LogP contribution in [0, 0.1) is 6.92 Å². The van der Waals surface area contributed by atoms with Gasteiger partial charge in [0.25, 0.3) is 5.91 Å². The first-order valence-electron chi connectivity index (χ1n) is 12.3. The number of hydrogen-bond acceptors (Lipinski definition) is 7. The maximum Gasteiger partial charge on any atom is 0.339 e. The van der Waals surface area contributed by atoms with Crippen LogP contribution >= 0.6 is 0 Å². The van der Waals surface area contributed by atoms with Crippen molar-refractivity contribution >= 4 is 32.7 Å². The van der Waals surface area contributed by atoms with Crippen molar-refractivity contribution in [2.75, 3.05) is 11.5 Å². The molecular weight excluding hydrogens is 456 g/mol. The lowest BCUT2D eigenvalue weighted by Crippen LogP contribution is -2.42. The lowest BCUT2D eigenvalue weighted by molar-refractivity contribution is -0.130. The third-order valence-electron chi connectivity index (χ3n) is 7.23. The zero-order chi connectivity index (χ0) is 24.0. The molecule has 0 radical (unpaired) electrons. The monoisotopic (exact) mass is 488 g/mol. The molecule has 1 saturated heterocycles. The van der Waals surface area contributed by atoms with Crippen molar-refractivity contribution < 1.29 is 22.7 Å². The second-order valence-corrected chi connectivity index (χ2v) is 12.3. The van der Waals surface area contributed by atoms with Crippen LogP contribution in [0.5, 0.6) is 0 Å². The molecule has 5 rings (SSSR count). The zero-order valence-electron chi connectivity index (χ0n) is 19.7. The molecule has 0 spiro atoms. The molecule has 10 heteroatoms. The molecule has 3 heterocycles. The summed E-state index contributed by atoms with van der Waals surface area (Å²) < 4.78 is 31.4. The van der Waals surface area contributed by atoms with Crippen molar-refractivity contribution in [1.29, 1.82) is 0 Å². The van der Waals surface area contributed by atoms with E-state index in [0.717, 1.165) is 44.2 Å². The second kappa shape index (κ2) is 8.94. The number of fused-ring (bicyclic) bond motifs is 1. The molecule has 2 aromatic rings. The van der Waals surface area contributed by atoms with Gasteiger partial charge in [-0.15, -0.1) is 0 Å². The van der Waals surface area contributed by atoms with E-state index in [0.29, 0.717) is 28.7 Å². The van der Waals surface area contributed by atoms with Crippen molar-refractivity contribution in [2.24, 2.45) is 0 Å². The van der Waals surface area contributed by atoms with Gasteiger partial charge in [0, 0.05) is 17.7 Å². The average Bonchev–Trinajstić information content (AvgIpc) is 3.52. The molecule has 1 N–H and O–H groups in total. The predicted octanol–water partition coefficient (Wildman–Crippen LogP) is 2.97. The summed E-state index contributed by atoms with van der Waals surface area (Å²) in [5, 5.41) is 8.17. The summed E-state index contributed by atoms with van der Waals surface area (Å²) in [5.41, 5.74) is 2.25. The van der Waals surface area contributed by atoms with Crippen LogP contribution in [0.3, 0.4) is 0 Å². The van der Waals surface area contributed by atoms with Gasteiger partial charge < -0.3 is 10.1 Å². The van der Waals surface area contributed by atoms with Crippen molar-refractivity contribution in [1.82, 2.24) is 20.1 Å². The van der Waals surface area contributed by atoms with E-state index in [1.165, 1.54) is 6.42 Å². The Hall–Kier alpha value is -2.49. The summed E-state index contributed by atoms with van der Waals surface area (Å²) in [4.78, 5) is 30.7. The number of nitrogens with zero attached hydrogens (tertiary/aromatic N) is 3. The highest BCUT2D eigenvalue weighted by atomic mass is 32.2. The van der Waals surface area contributed by atoms with Gasteiger partial charge >= 0.3 is 5.97 Å². The van der Waals surface area contributed by atoms with Crippen LogP contribution in [0.25, 0.3) is 11.0 Å². The molecule has 3 fully saturated rings. The van der Waals surface area contributed by atoms with Crippen LogP contribution in [-0.4, -0.2) is 58.7 Å². The Bertz CT molecular complexity index is 1230. The van der Waals surface area contributed by atoms with Crippen LogP contribution in [0.15, 0.2) is 6.07 Å². The molecular formula is C24H32N4O5S. The molecule has 34 heavy (non-hydrogen) atoms. The van der Waals surface area contributed by atoms with E-state index >= 15 is 0 Å². The molecule has 0 aromatic carbocycles. The number of nitrogens with one attached hydrogen (secondary N) is 1. The van der Waals surface area contributed by atoms with Crippen LogP contribution in [0.4, 0.5) is 0 Å². The van der Waals surface area contributed by atoms with Gasteiger partial charge in [-0.3, -0.25) is 4.79 Å². The number of ether oxygens (including phenoxy) is 1. The number of sulfone groups is 1. The largest absolute Gasteiger partial charge is 0.449 e. The van der Waals surface area contributed by atoms with E-state index in [-0.39, 0.29) is 35.4 Å². The SMILES string of the molecule is Cc1nn([C@@H]2CCS(=O)(=O)C2)c2nc(C3CC3)cc(C(=O)O[C@@H](C)C(=O)NC3CCCCC3)c12. The van der Waals surface area contributed by atoms with E-state index in [9.17, 15) is 18.0 Å². The van der Waals surface area contributed by atoms with E-state index in [4.69, 9.17) is 9.72 Å². The first-order valence-corrected chi connectivity index (χ1v) is 14.2. The van der Waals surface area contributed by atoms with E-state index in [2.05, 4.69) is 10.4 Å². The number of hydrogen-bond donors (Lipinski definition) is 1. The molecule has 2 saturated carbocycles. The smallest absolute Gasteiger partial charge is 0.339 e. The first-order chi connectivity index (χ1) is 16.2. The highest BCUT2D eigenvalue weighted by Gasteiger charge is 2.34. The number of aryl methyl sites for hydroxylation is 1. The summed E-state index contributed by atoms with van der Waals surface area (Å²) in [6.45, 7) is 3.38. The Morgan fingerprint density at radius 3 is 2.53 bits per heavy atom. The maximum atomic E-state index is 13.3. The van der Waals surface area contributed by atoms with Crippen LogP contribution in [0.2, 0.25) is 0 Å². The van der Waals surface area contributed by atoms with Gasteiger partial charge in [-0.1, -0.05) is 19.3 Å². The fourth-order valence-electron chi connectivity index (χ4n) is 5.15. The molecule has 0 bridgehead atoms. The lowest BCUT2D eigenvalue weighted by atomic mass is 9.95. The van der Waals surface area contributed by atoms with Gasteiger partial charge in [0.15, 0.2) is 21.6 Å². The highest BCUT2D eigenvalue weighted by molar-refractivity contribution is 7.91. The van der Waals surface area contributed by atoms with Gasteiger partial charge in [0.1, 0.15) is 0 Å². The Balaban J connectivity index is 1.43. The van der Waals surface area contributed by atoms with Gasteiger partial charge in [-0.25, -0.2) is 22.9 Å². The third kappa shape index (κ3) is 4.69. The second-order valence-electron chi connectivity index (χ2n) is 10.0. The maximum absolute atomic E-state index is 13.3. The molecule has 9 nitrogen and oxygen atoms in total. The Morgan fingerprint density at radius 2 is 1.88 bits per heavy atom. The molecule has 184 valence electrons. The van der Waals surface area contributed by atoms with Crippen LogP contribution in [0.1, 0.15) is 92.0 Å². The minimum atomic E-state index is -3.11. The normalized spacial score (nSPS) is 23.6. The lowest BCUT2D eigenvalue weighted by Gasteiger charge is -2.24. The minimum absolute atomic E-state index is 0.0245. The van der Waals surface area contributed by atoms with Gasteiger partial charge in [0.2, 0.25) is 0 Å². The van der Waals surface area contributed by atoms with E-state index < -0.39 is 21.9 Å². The number of carbonyl (C=O) groups excluding carboxylic acids is 2. The van der Waals surface area contributed by atoms with Gasteiger partial charge in [-0.05, 0) is 52.0 Å². The molecule has 2 aliphatic carbocycles. The van der Waals surface area contributed by atoms with Crippen molar-refractivity contribution in [3.05, 3.63) is 23.0 Å². The quantitative estimate of drug-likeness (QED) is 0.621. The summed E-state index contributed by atoms with van der Waals surface area (Å²) in [5.74, 6) is -0.433. The van der Waals surface area contributed by atoms with Gasteiger partial charge in [-0.2, -0.15) is 5.10 Å². The van der Waals surface area contributed by atoms with E-state index in [1.54, 1.807) is 24.6 Å². The highest BCUT2D eigenvalue weighted by Crippen LogP contribution is 2.41. The third-order valence-corrected chi connectivity index (χ3v) is 8.98. The fourth-order valence-corrected chi connectivity index (χ4v) is 6.84. The standard InChI is InChI=1S/C24H32N4O5S/c1-14-21-19(24(30)33-15(2)23(29)25-17-6-4-3-5-7-17)12-20(16-8-9-16)26-22(21)28(27-14)18-10-11-34(31,32)13-18/h12,15-18H,3-11,13H2,1-2H3,(H,25,29)/t15-,18+/m0/s1. The molecule has 2 atom stereocenters. The summed E-state index contributed by atoms with van der Waals surface area (Å²) in [7, 11) is -3.11. The number of amides is 1. The number of pyridine rings is 1. The Morgan fingerprint density at radius 1 is 1.15 bits per heavy atom. The average molecular weight is 489 g/mol. The van der Waals surface area contributed by atoms with Crippen molar-refractivity contribution in [3.63, 3.8) is 0 Å². The Labute approximate surface area is 199 Å². The van der Waals surface area contributed by atoms with Crippen molar-refractivity contribution in [2.45, 2.75) is 89.3 Å². The van der Waals surface area contributed by atoms with Crippen molar-refractivity contribution in [3.8, 4) is 0 Å². The van der Waals surface area contributed by atoms with E-state index in [1.807, 2.05) is 0 Å². The predicted molar refractivity (Wildman–Crippen MR) is 126 cm³/mol. The summed E-state index contributed by atoms with van der Waals surface area (Å²) >= 11 is 0. The molecule has 0 unspecified atom stereocenters. The number of aromatic nitrogens is 3.